The van der Waals surface area contributed by atoms with E-state index in [2.05, 4.69) is 0 Å². The first-order chi connectivity index (χ1) is 5.95. The highest BCUT2D eigenvalue weighted by Crippen LogP contribution is 2.28. The molecule has 1 aliphatic heterocycles. The molecule has 1 rings (SSSR count). The summed E-state index contributed by atoms with van der Waals surface area (Å²) < 4.78 is 13.3. The lowest BCUT2D eigenvalue weighted by Crippen LogP contribution is -2.22. The Bertz CT molecular complexity index is 347. The van der Waals surface area contributed by atoms with Crippen LogP contribution in [-0.2, 0) is 0 Å². The molecule has 0 amide bonds. The average Bonchev–Trinajstić information content (AvgIpc) is 2.02. The van der Waals surface area contributed by atoms with Gasteiger partial charge in [0.05, 0.1) is 11.5 Å². The van der Waals surface area contributed by atoms with Gasteiger partial charge in [-0.3, -0.25) is 0 Å². The number of nitrogens with zero attached hydrogens (tertiary/aromatic N) is 2. The Labute approximate surface area is 75.7 Å². The number of rotatable bonds is 1. The third kappa shape index (κ3) is 2.00. The van der Waals surface area contributed by atoms with E-state index in [0.29, 0.717) is 10.3 Å². The summed E-state index contributed by atoms with van der Waals surface area (Å²) in [5, 5.41) is 8.77. The van der Waals surface area contributed by atoms with E-state index >= 15 is 0 Å². The molecule has 0 aromatic heterocycles. The Morgan fingerprint density at radius 1 is 1.69 bits per heavy atom. The zero-order chi connectivity index (χ0) is 10.1. The van der Waals surface area contributed by atoms with Gasteiger partial charge < -0.3 is 0 Å². The molecule has 0 fully saturated rings. The van der Waals surface area contributed by atoms with Crippen LogP contribution < -0.4 is 0 Å². The van der Waals surface area contributed by atoms with Crippen molar-refractivity contribution in [2.45, 2.75) is 13.8 Å². The van der Waals surface area contributed by atoms with Crippen LogP contribution in [0.1, 0.15) is 13.8 Å². The van der Waals surface area contributed by atoms with E-state index in [4.69, 9.17) is 5.26 Å². The Hall–Kier alpha value is -1.50. The third-order valence-electron chi connectivity index (χ3n) is 1.99. The lowest BCUT2D eigenvalue weighted by Gasteiger charge is -2.17. The maximum atomic E-state index is 12.8. The molecule has 0 atom stereocenters. The SMILES string of the molecule is CC(C)(C#N)C1=CC(F)=C[N+](=O)C1. The zero-order valence-corrected chi connectivity index (χ0v) is 7.54. The Morgan fingerprint density at radius 2 is 2.31 bits per heavy atom. The van der Waals surface area contributed by atoms with Crippen molar-refractivity contribution in [2.75, 3.05) is 6.54 Å². The summed E-state index contributed by atoms with van der Waals surface area (Å²) in [6.07, 6.45) is 2.12. The van der Waals surface area contributed by atoms with Crippen molar-refractivity contribution in [1.82, 2.24) is 0 Å². The summed E-state index contributed by atoms with van der Waals surface area (Å²) in [5.41, 5.74) is -0.279. The fourth-order valence-corrected chi connectivity index (χ4v) is 1.05. The highest BCUT2D eigenvalue weighted by molar-refractivity contribution is 5.29. The Morgan fingerprint density at radius 3 is 2.77 bits per heavy atom. The summed E-state index contributed by atoms with van der Waals surface area (Å²) in [6.45, 7) is 3.38. The van der Waals surface area contributed by atoms with Crippen LogP contribution in [0.15, 0.2) is 23.7 Å². The third-order valence-corrected chi connectivity index (χ3v) is 1.99. The monoisotopic (exact) mass is 181 g/mol. The molecule has 0 aromatic carbocycles. The zero-order valence-electron chi connectivity index (χ0n) is 7.54. The molecular formula is C9H10FN2O+. The summed E-state index contributed by atoms with van der Waals surface area (Å²) in [6, 6.07) is 2.02. The molecule has 0 bridgehead atoms. The smallest absolute Gasteiger partial charge is 0.200 e. The summed E-state index contributed by atoms with van der Waals surface area (Å²) in [4.78, 5) is 10.9. The lowest BCUT2D eigenvalue weighted by molar-refractivity contribution is -0.474. The second-order valence-electron chi connectivity index (χ2n) is 3.50. The van der Waals surface area contributed by atoms with Crippen LogP contribution in [0.4, 0.5) is 4.39 Å². The molecule has 1 heterocycles. The van der Waals surface area contributed by atoms with E-state index < -0.39 is 11.2 Å². The first kappa shape index (κ1) is 9.59. The van der Waals surface area contributed by atoms with Crippen LogP contribution in [0.5, 0.6) is 0 Å². The first-order valence-electron chi connectivity index (χ1n) is 3.89. The number of halogens is 1. The van der Waals surface area contributed by atoms with E-state index in [1.165, 1.54) is 6.08 Å². The van der Waals surface area contributed by atoms with Gasteiger partial charge in [-0.2, -0.15) is 5.26 Å². The van der Waals surface area contributed by atoms with Gasteiger partial charge in [0.25, 0.3) is 6.20 Å². The predicted octanol–water partition coefficient (Wildman–Crippen LogP) is 2.07. The first-order valence-corrected chi connectivity index (χ1v) is 3.89. The number of nitriles is 1. The van der Waals surface area contributed by atoms with Gasteiger partial charge in [-0.05, 0) is 19.9 Å². The second-order valence-corrected chi connectivity index (χ2v) is 3.50. The van der Waals surface area contributed by atoms with E-state index in [1.807, 2.05) is 6.07 Å². The minimum atomic E-state index is -0.783. The second kappa shape index (κ2) is 3.09. The minimum Gasteiger partial charge on any atom is -0.200 e. The maximum absolute atomic E-state index is 12.8. The van der Waals surface area contributed by atoms with Crippen molar-refractivity contribution in [3.05, 3.63) is 28.6 Å². The van der Waals surface area contributed by atoms with E-state index in [-0.39, 0.29) is 6.54 Å². The molecule has 0 N–H and O–H groups in total. The van der Waals surface area contributed by atoms with Crippen molar-refractivity contribution in [1.29, 1.82) is 5.26 Å². The van der Waals surface area contributed by atoms with Gasteiger partial charge in [0.1, 0.15) is 0 Å². The van der Waals surface area contributed by atoms with Gasteiger partial charge in [-0.15, -0.1) is 0 Å². The fraction of sp³-hybridized carbons (Fsp3) is 0.444. The van der Waals surface area contributed by atoms with Crippen LogP contribution in [-0.4, -0.2) is 11.3 Å². The van der Waals surface area contributed by atoms with E-state index in [0.717, 1.165) is 6.20 Å². The molecule has 0 aromatic rings. The number of allylic oxidation sites excluding steroid dienone is 2. The van der Waals surface area contributed by atoms with Crippen molar-refractivity contribution >= 4 is 0 Å². The number of nitroso groups, excluding NO2 is 1. The lowest BCUT2D eigenvalue weighted by atomic mass is 9.84. The quantitative estimate of drug-likeness (QED) is 0.581. The molecule has 0 radical (unpaired) electrons. The highest BCUT2D eigenvalue weighted by Gasteiger charge is 2.30. The molecular weight excluding hydrogens is 171 g/mol. The van der Waals surface area contributed by atoms with Crippen LogP contribution in [0, 0.1) is 21.7 Å². The molecule has 0 saturated heterocycles. The number of hydrogen-bond donors (Lipinski definition) is 0. The molecule has 13 heavy (non-hydrogen) atoms. The summed E-state index contributed by atoms with van der Waals surface area (Å²) >= 11 is 0. The standard InChI is InChI=1S/C9H10FN2O/c1-9(2,6-11)7-3-8(10)5-12(13)4-7/h3,5H,4H2,1-2H3/q+1. The van der Waals surface area contributed by atoms with Crippen LogP contribution in [0.3, 0.4) is 0 Å². The van der Waals surface area contributed by atoms with Crippen molar-refractivity contribution in [3.8, 4) is 6.07 Å². The maximum Gasteiger partial charge on any atom is 0.256 e. The molecule has 0 spiro atoms. The molecule has 0 unspecified atom stereocenters. The molecule has 4 heteroatoms. The molecule has 1 aliphatic rings. The normalized spacial score (nSPS) is 17.5. The van der Waals surface area contributed by atoms with Gasteiger partial charge >= 0.3 is 0 Å². The van der Waals surface area contributed by atoms with Crippen LogP contribution in [0.2, 0.25) is 0 Å². The van der Waals surface area contributed by atoms with Gasteiger partial charge in [-0.1, -0.05) is 0 Å². The summed E-state index contributed by atoms with van der Waals surface area (Å²) in [7, 11) is 0. The molecule has 0 saturated carbocycles. The van der Waals surface area contributed by atoms with Crippen LogP contribution in [0.25, 0.3) is 0 Å². The summed E-state index contributed by atoms with van der Waals surface area (Å²) in [5.74, 6) is -0.598. The van der Waals surface area contributed by atoms with Crippen molar-refractivity contribution < 1.29 is 9.15 Å². The van der Waals surface area contributed by atoms with Crippen LogP contribution >= 0.6 is 0 Å². The fourth-order valence-electron chi connectivity index (χ4n) is 1.05. The van der Waals surface area contributed by atoms with Gasteiger partial charge in [0.15, 0.2) is 5.83 Å². The average molecular weight is 181 g/mol. The van der Waals surface area contributed by atoms with Crippen molar-refractivity contribution in [2.24, 2.45) is 5.41 Å². The van der Waals surface area contributed by atoms with E-state index in [9.17, 15) is 9.30 Å². The van der Waals surface area contributed by atoms with Crippen molar-refractivity contribution in [3.63, 3.8) is 0 Å². The van der Waals surface area contributed by atoms with Gasteiger partial charge in [-0.25, -0.2) is 4.39 Å². The van der Waals surface area contributed by atoms with Gasteiger partial charge in [0.2, 0.25) is 6.54 Å². The highest BCUT2D eigenvalue weighted by atomic mass is 19.1. The minimum absolute atomic E-state index is 0.0635. The van der Waals surface area contributed by atoms with Gasteiger partial charge in [0, 0.05) is 15.2 Å². The molecule has 0 aliphatic carbocycles. The topological polar surface area (TPSA) is 43.9 Å². The Kier molecular flexibility index (Phi) is 2.28. The molecule has 3 nitrogen and oxygen atoms in total. The largest absolute Gasteiger partial charge is 0.256 e. The van der Waals surface area contributed by atoms with E-state index in [1.54, 1.807) is 13.8 Å². The Balaban J connectivity index is 3.03. The predicted molar refractivity (Wildman–Crippen MR) is 45.2 cm³/mol. The number of hydrogen-bond acceptors (Lipinski definition) is 2. The molecule has 68 valence electrons.